The summed E-state index contributed by atoms with van der Waals surface area (Å²) >= 11 is 0. The van der Waals surface area contributed by atoms with E-state index in [1.807, 2.05) is 24.3 Å². The quantitative estimate of drug-likeness (QED) is 0.366. The van der Waals surface area contributed by atoms with Gasteiger partial charge in [0.25, 0.3) is 5.95 Å². The van der Waals surface area contributed by atoms with E-state index in [-0.39, 0.29) is 17.8 Å². The van der Waals surface area contributed by atoms with E-state index < -0.39 is 23.5 Å². The fraction of sp³-hybridized carbons (Fsp3) is 0.409. The van der Waals surface area contributed by atoms with E-state index in [0.29, 0.717) is 18.8 Å². The van der Waals surface area contributed by atoms with Gasteiger partial charge in [0.15, 0.2) is 17.5 Å². The molecule has 0 saturated carbocycles. The lowest BCUT2D eigenvalue weighted by atomic mass is 9.87. The van der Waals surface area contributed by atoms with E-state index in [1.165, 1.54) is 24.8 Å². The summed E-state index contributed by atoms with van der Waals surface area (Å²) < 4.78 is 15.5. The summed E-state index contributed by atoms with van der Waals surface area (Å²) in [5.74, 6) is -2.76. The molecular weight excluding hydrogens is 360 g/mol. The Balaban J connectivity index is 1.82. The number of carbonyl (C=O) groups is 3. The smallest absolute Gasteiger partial charge is 0.331 e. The highest BCUT2D eigenvalue weighted by atomic mass is 16.6. The van der Waals surface area contributed by atoms with Gasteiger partial charge < -0.3 is 13.9 Å². The lowest BCUT2D eigenvalue weighted by Crippen LogP contribution is -2.33. The first-order valence-corrected chi connectivity index (χ1v) is 9.20. The highest BCUT2D eigenvalue weighted by molar-refractivity contribution is 6.16. The number of esters is 1. The highest BCUT2D eigenvalue weighted by Gasteiger charge is 2.32. The van der Waals surface area contributed by atoms with Crippen LogP contribution in [0.5, 0.6) is 11.7 Å². The molecule has 1 heterocycles. The number of benzene rings is 1. The van der Waals surface area contributed by atoms with Crippen molar-refractivity contribution in [3.63, 3.8) is 0 Å². The lowest BCUT2D eigenvalue weighted by molar-refractivity contribution is -0.148. The highest BCUT2D eigenvalue weighted by Crippen LogP contribution is 2.24. The standard InChI is InChI=1S/C22H26O6/c1-15(23)20(21(25)28-19-8-6-14-27-19)18(24)7-5-13-26-17-11-9-16(10-12-17)22(2,3)4/h6,8-12,14,20H,5,7,13H2,1-4H3. The van der Waals surface area contributed by atoms with Gasteiger partial charge in [0.2, 0.25) is 0 Å². The van der Waals surface area contributed by atoms with Crippen LogP contribution in [0.3, 0.4) is 0 Å². The summed E-state index contributed by atoms with van der Waals surface area (Å²) in [5.41, 5.74) is 1.27. The van der Waals surface area contributed by atoms with Gasteiger partial charge in [-0.2, -0.15) is 0 Å². The van der Waals surface area contributed by atoms with Gasteiger partial charge in [-0.05, 0) is 42.5 Å². The van der Waals surface area contributed by atoms with Gasteiger partial charge in [0.05, 0.1) is 12.9 Å². The number of rotatable bonds is 9. The second-order valence-electron chi connectivity index (χ2n) is 7.59. The predicted octanol–water partition coefficient (Wildman–Crippen LogP) is 4.12. The molecule has 1 aromatic heterocycles. The van der Waals surface area contributed by atoms with E-state index in [1.54, 1.807) is 6.07 Å². The number of furan rings is 1. The van der Waals surface area contributed by atoms with E-state index in [4.69, 9.17) is 13.9 Å². The molecule has 1 unspecified atom stereocenters. The Hall–Kier alpha value is -2.89. The van der Waals surface area contributed by atoms with Crippen molar-refractivity contribution in [1.29, 1.82) is 0 Å². The first kappa shape index (κ1) is 21.4. The summed E-state index contributed by atoms with van der Waals surface area (Å²) in [6, 6.07) is 10.8. The Labute approximate surface area is 164 Å². The topological polar surface area (TPSA) is 82.8 Å². The summed E-state index contributed by atoms with van der Waals surface area (Å²) in [7, 11) is 0. The molecule has 0 aliphatic carbocycles. The minimum absolute atomic E-state index is 0.0393. The van der Waals surface area contributed by atoms with Crippen LogP contribution >= 0.6 is 0 Å². The van der Waals surface area contributed by atoms with Crippen molar-refractivity contribution in [2.24, 2.45) is 5.92 Å². The number of carbonyl (C=O) groups excluding carboxylic acids is 3. The van der Waals surface area contributed by atoms with Gasteiger partial charge in [-0.1, -0.05) is 32.9 Å². The molecule has 0 aliphatic rings. The Morgan fingerprint density at radius 3 is 2.29 bits per heavy atom. The van der Waals surface area contributed by atoms with Gasteiger partial charge in [-0.15, -0.1) is 0 Å². The third-order valence-corrected chi connectivity index (χ3v) is 4.22. The van der Waals surface area contributed by atoms with Gasteiger partial charge in [-0.3, -0.25) is 14.4 Å². The van der Waals surface area contributed by atoms with Crippen molar-refractivity contribution in [2.75, 3.05) is 6.61 Å². The van der Waals surface area contributed by atoms with Crippen LogP contribution in [0.15, 0.2) is 47.1 Å². The summed E-state index contributed by atoms with van der Waals surface area (Å²) in [4.78, 5) is 36.2. The summed E-state index contributed by atoms with van der Waals surface area (Å²) in [5, 5.41) is 0. The average Bonchev–Trinajstić information content (AvgIpc) is 3.11. The fourth-order valence-corrected chi connectivity index (χ4v) is 2.64. The molecule has 0 N–H and O–H groups in total. The third kappa shape index (κ3) is 6.08. The van der Waals surface area contributed by atoms with Crippen LogP contribution in [0.1, 0.15) is 46.1 Å². The van der Waals surface area contributed by atoms with E-state index >= 15 is 0 Å². The maximum absolute atomic E-state index is 12.3. The number of hydrogen-bond donors (Lipinski definition) is 0. The molecule has 28 heavy (non-hydrogen) atoms. The van der Waals surface area contributed by atoms with Crippen LogP contribution in [-0.2, 0) is 19.8 Å². The zero-order valence-electron chi connectivity index (χ0n) is 16.7. The minimum Gasteiger partial charge on any atom is -0.494 e. The Kier molecular flexibility index (Phi) is 7.15. The molecule has 1 aromatic carbocycles. The normalized spacial score (nSPS) is 12.3. The number of hydrogen-bond acceptors (Lipinski definition) is 6. The van der Waals surface area contributed by atoms with Crippen LogP contribution in [0.2, 0.25) is 0 Å². The number of Topliss-reactive ketones (excluding diaryl/α,β-unsaturated/α-hetero) is 2. The number of ketones is 2. The molecule has 0 fully saturated rings. The summed E-state index contributed by atoms with van der Waals surface area (Å²) in [6.45, 7) is 7.90. The van der Waals surface area contributed by atoms with Gasteiger partial charge in [-0.25, -0.2) is 0 Å². The predicted molar refractivity (Wildman–Crippen MR) is 103 cm³/mol. The van der Waals surface area contributed by atoms with Gasteiger partial charge in [0.1, 0.15) is 5.75 Å². The largest absolute Gasteiger partial charge is 0.494 e. The van der Waals surface area contributed by atoms with Crippen LogP contribution in [0, 0.1) is 5.92 Å². The van der Waals surface area contributed by atoms with Crippen molar-refractivity contribution in [1.82, 2.24) is 0 Å². The molecule has 2 aromatic rings. The molecule has 0 bridgehead atoms. The fourth-order valence-electron chi connectivity index (χ4n) is 2.64. The molecule has 150 valence electrons. The first-order valence-electron chi connectivity index (χ1n) is 9.20. The second kappa shape index (κ2) is 9.35. The van der Waals surface area contributed by atoms with Crippen molar-refractivity contribution in [2.45, 2.75) is 46.0 Å². The lowest BCUT2D eigenvalue weighted by Gasteiger charge is -2.19. The van der Waals surface area contributed by atoms with Crippen molar-refractivity contribution < 1.29 is 28.3 Å². The molecule has 1 atom stereocenters. The van der Waals surface area contributed by atoms with Crippen molar-refractivity contribution in [3.8, 4) is 11.7 Å². The zero-order valence-corrected chi connectivity index (χ0v) is 16.7. The summed E-state index contributed by atoms with van der Waals surface area (Å²) in [6.07, 6.45) is 1.76. The van der Waals surface area contributed by atoms with Crippen molar-refractivity contribution in [3.05, 3.63) is 48.2 Å². The molecule has 2 rings (SSSR count). The van der Waals surface area contributed by atoms with E-state index in [9.17, 15) is 14.4 Å². The SMILES string of the molecule is CC(=O)C(C(=O)CCCOc1ccc(C(C)(C)C)cc1)C(=O)Oc1ccco1. The Morgan fingerprint density at radius 1 is 1.07 bits per heavy atom. The maximum Gasteiger partial charge on any atom is 0.331 e. The molecule has 0 saturated heterocycles. The molecule has 6 nitrogen and oxygen atoms in total. The van der Waals surface area contributed by atoms with Gasteiger partial charge >= 0.3 is 5.97 Å². The molecule has 6 heteroatoms. The van der Waals surface area contributed by atoms with Crippen LogP contribution in [-0.4, -0.2) is 24.1 Å². The Bertz CT molecular complexity index is 797. The van der Waals surface area contributed by atoms with Gasteiger partial charge in [0, 0.05) is 12.5 Å². The van der Waals surface area contributed by atoms with Crippen LogP contribution in [0.4, 0.5) is 0 Å². The Morgan fingerprint density at radius 2 is 1.75 bits per heavy atom. The monoisotopic (exact) mass is 386 g/mol. The molecule has 0 radical (unpaired) electrons. The molecule has 0 amide bonds. The molecule has 0 aliphatic heterocycles. The zero-order chi connectivity index (χ0) is 20.7. The third-order valence-electron chi connectivity index (χ3n) is 4.22. The minimum atomic E-state index is -1.45. The van der Waals surface area contributed by atoms with E-state index in [0.717, 1.165) is 0 Å². The van der Waals surface area contributed by atoms with Crippen molar-refractivity contribution >= 4 is 17.5 Å². The van der Waals surface area contributed by atoms with Crippen LogP contribution in [0.25, 0.3) is 0 Å². The molecule has 0 spiro atoms. The van der Waals surface area contributed by atoms with Crippen LogP contribution < -0.4 is 9.47 Å². The molecular formula is C22H26O6. The maximum atomic E-state index is 12.3. The average molecular weight is 386 g/mol. The van der Waals surface area contributed by atoms with E-state index in [2.05, 4.69) is 20.8 Å². The first-order chi connectivity index (χ1) is 13.2. The second-order valence-corrected chi connectivity index (χ2v) is 7.59. The number of ether oxygens (including phenoxy) is 2.